The van der Waals surface area contributed by atoms with E-state index in [-0.39, 0.29) is 12.8 Å². The van der Waals surface area contributed by atoms with Gasteiger partial charge in [-0.25, -0.2) is 0 Å². The monoisotopic (exact) mass is 314 g/mol. The normalized spacial score (nSPS) is 12.1. The molecule has 0 fully saturated rings. The minimum atomic E-state index is -1.20. The molecule has 0 rings (SSSR count). The molecule has 2 N–H and O–H groups in total. The molecular formula is C17H32NO4-. The van der Waals surface area contributed by atoms with Crippen LogP contribution >= 0.6 is 0 Å². The van der Waals surface area contributed by atoms with E-state index < -0.39 is 18.0 Å². The number of carbonyl (C=O) groups excluding carboxylic acids is 2. The van der Waals surface area contributed by atoms with Gasteiger partial charge in [-0.1, -0.05) is 64.7 Å². The van der Waals surface area contributed by atoms with Crippen LogP contribution in [-0.2, 0) is 14.3 Å². The third-order valence-corrected chi connectivity index (χ3v) is 3.70. The predicted molar refractivity (Wildman–Crippen MR) is 85.0 cm³/mol. The number of rotatable bonds is 15. The summed E-state index contributed by atoms with van der Waals surface area (Å²) >= 11 is 0. The first-order valence-corrected chi connectivity index (χ1v) is 8.70. The van der Waals surface area contributed by atoms with Crippen LogP contribution in [0.25, 0.3) is 0 Å². The van der Waals surface area contributed by atoms with Gasteiger partial charge in [-0.05, 0) is 19.3 Å². The van der Waals surface area contributed by atoms with Crippen LogP contribution in [0.1, 0.15) is 84.0 Å². The number of carboxylic acids is 1. The van der Waals surface area contributed by atoms with Crippen LogP contribution in [0, 0.1) is 0 Å². The van der Waals surface area contributed by atoms with Gasteiger partial charge in [0.1, 0.15) is 6.04 Å². The third-order valence-electron chi connectivity index (χ3n) is 3.70. The molecule has 22 heavy (non-hydrogen) atoms. The molecular weight excluding hydrogens is 282 g/mol. The number of hydrogen-bond donors (Lipinski definition) is 1. The van der Waals surface area contributed by atoms with Crippen molar-refractivity contribution in [2.75, 3.05) is 6.61 Å². The number of nitrogens with two attached hydrogens (primary N) is 1. The fraction of sp³-hybridized carbons (Fsp3) is 0.882. The van der Waals surface area contributed by atoms with Crippen molar-refractivity contribution in [3.05, 3.63) is 0 Å². The number of ether oxygens (including phenoxy) is 1. The Hall–Kier alpha value is -1.10. The number of carboxylic acid groups (broad SMARTS) is 1. The molecule has 5 nitrogen and oxygen atoms in total. The van der Waals surface area contributed by atoms with Gasteiger partial charge in [0.05, 0.1) is 6.61 Å². The number of esters is 1. The molecule has 0 aromatic carbocycles. The van der Waals surface area contributed by atoms with Crippen LogP contribution in [-0.4, -0.2) is 24.6 Å². The fourth-order valence-electron chi connectivity index (χ4n) is 2.26. The van der Waals surface area contributed by atoms with Gasteiger partial charge in [-0.15, -0.1) is 0 Å². The van der Waals surface area contributed by atoms with Gasteiger partial charge < -0.3 is 20.4 Å². The van der Waals surface area contributed by atoms with Crippen molar-refractivity contribution in [1.29, 1.82) is 0 Å². The van der Waals surface area contributed by atoms with Gasteiger partial charge in [0.25, 0.3) is 0 Å². The highest BCUT2D eigenvalue weighted by atomic mass is 16.5. The Labute approximate surface area is 134 Å². The van der Waals surface area contributed by atoms with Crippen molar-refractivity contribution < 1.29 is 19.4 Å². The van der Waals surface area contributed by atoms with Crippen molar-refractivity contribution in [2.24, 2.45) is 5.73 Å². The lowest BCUT2D eigenvalue weighted by molar-refractivity contribution is -0.305. The Morgan fingerprint density at radius 3 is 1.95 bits per heavy atom. The molecule has 0 aliphatic carbocycles. The largest absolute Gasteiger partial charge is 0.550 e. The SMILES string of the molecule is CCCCCCCCCCCCOC(=O)[C@@H](N)CCC(=O)[O-]. The zero-order valence-corrected chi connectivity index (χ0v) is 14.0. The van der Waals surface area contributed by atoms with E-state index in [1.54, 1.807) is 0 Å². The molecule has 0 saturated heterocycles. The molecule has 0 unspecified atom stereocenters. The molecule has 0 aromatic heterocycles. The van der Waals surface area contributed by atoms with Crippen LogP contribution < -0.4 is 10.8 Å². The first-order chi connectivity index (χ1) is 10.6. The summed E-state index contributed by atoms with van der Waals surface area (Å²) < 4.78 is 5.03. The first-order valence-electron chi connectivity index (χ1n) is 8.70. The fourth-order valence-corrected chi connectivity index (χ4v) is 2.26. The molecule has 130 valence electrons. The lowest BCUT2D eigenvalue weighted by Crippen LogP contribution is -2.34. The average molecular weight is 314 g/mol. The van der Waals surface area contributed by atoms with Crippen molar-refractivity contribution in [2.45, 2.75) is 90.0 Å². The molecule has 1 atom stereocenters. The Balaban J connectivity index is 3.31. The molecule has 0 aliphatic heterocycles. The molecule has 0 saturated carbocycles. The first kappa shape index (κ1) is 20.9. The van der Waals surface area contributed by atoms with E-state index in [0.29, 0.717) is 6.61 Å². The van der Waals surface area contributed by atoms with Crippen LogP contribution in [0.2, 0.25) is 0 Å². The van der Waals surface area contributed by atoms with E-state index in [9.17, 15) is 14.7 Å². The van der Waals surface area contributed by atoms with Crippen molar-refractivity contribution in [1.82, 2.24) is 0 Å². The summed E-state index contributed by atoms with van der Waals surface area (Å²) in [4.78, 5) is 21.7. The van der Waals surface area contributed by atoms with Gasteiger partial charge in [-0.3, -0.25) is 4.79 Å². The average Bonchev–Trinajstić information content (AvgIpc) is 2.49. The molecule has 0 radical (unpaired) electrons. The quantitative estimate of drug-likeness (QED) is 0.370. The van der Waals surface area contributed by atoms with Crippen LogP contribution in [0.3, 0.4) is 0 Å². The highest BCUT2D eigenvalue weighted by Crippen LogP contribution is 2.10. The number of carbonyl (C=O) groups is 2. The summed E-state index contributed by atoms with van der Waals surface area (Å²) in [7, 11) is 0. The summed E-state index contributed by atoms with van der Waals surface area (Å²) in [6.07, 6.45) is 12.1. The molecule has 0 aromatic rings. The van der Waals surface area contributed by atoms with Gasteiger partial charge in [0.15, 0.2) is 0 Å². The predicted octanol–water partition coefficient (Wildman–Crippen LogP) is 2.31. The zero-order valence-electron chi connectivity index (χ0n) is 14.0. The molecule has 0 heterocycles. The minimum Gasteiger partial charge on any atom is -0.550 e. The van der Waals surface area contributed by atoms with E-state index in [2.05, 4.69) is 6.92 Å². The summed E-state index contributed by atoms with van der Waals surface area (Å²) in [5.74, 6) is -1.71. The van der Waals surface area contributed by atoms with Gasteiger partial charge in [0.2, 0.25) is 0 Å². The molecule has 5 heteroatoms. The standard InChI is InChI=1S/C17H33NO4/c1-2-3-4-5-6-7-8-9-10-11-14-22-17(21)15(18)12-13-16(19)20/h15H,2-14,18H2,1H3,(H,19,20)/p-1/t15-/m0/s1. The van der Waals surface area contributed by atoms with E-state index in [1.165, 1.54) is 51.4 Å². The molecule has 0 aliphatic rings. The second-order valence-electron chi connectivity index (χ2n) is 5.87. The highest BCUT2D eigenvalue weighted by molar-refractivity contribution is 5.76. The Morgan fingerprint density at radius 1 is 0.955 bits per heavy atom. The summed E-state index contributed by atoms with van der Waals surface area (Å²) in [6, 6.07) is -0.860. The van der Waals surface area contributed by atoms with E-state index in [0.717, 1.165) is 12.8 Å². The maximum Gasteiger partial charge on any atom is 0.322 e. The van der Waals surface area contributed by atoms with Crippen LogP contribution in [0.5, 0.6) is 0 Å². The lowest BCUT2D eigenvalue weighted by Gasteiger charge is -2.11. The van der Waals surface area contributed by atoms with Crippen LogP contribution in [0.4, 0.5) is 0 Å². The molecule has 0 bridgehead atoms. The minimum absolute atomic E-state index is 0.0686. The molecule has 0 amide bonds. The second kappa shape index (κ2) is 14.8. The maximum atomic E-state index is 11.5. The smallest absolute Gasteiger partial charge is 0.322 e. The number of aliphatic carboxylic acids is 1. The van der Waals surface area contributed by atoms with Gasteiger partial charge in [-0.2, -0.15) is 0 Å². The zero-order chi connectivity index (χ0) is 16.6. The van der Waals surface area contributed by atoms with E-state index in [1.807, 2.05) is 0 Å². The van der Waals surface area contributed by atoms with E-state index in [4.69, 9.17) is 10.5 Å². The summed E-state index contributed by atoms with van der Waals surface area (Å²) in [5.41, 5.74) is 5.53. The van der Waals surface area contributed by atoms with Crippen LogP contribution in [0.15, 0.2) is 0 Å². The number of hydrogen-bond acceptors (Lipinski definition) is 5. The third kappa shape index (κ3) is 13.9. The van der Waals surface area contributed by atoms with Crippen molar-refractivity contribution in [3.8, 4) is 0 Å². The molecule has 0 spiro atoms. The van der Waals surface area contributed by atoms with E-state index >= 15 is 0 Å². The maximum absolute atomic E-state index is 11.5. The van der Waals surface area contributed by atoms with Crippen molar-refractivity contribution in [3.63, 3.8) is 0 Å². The van der Waals surface area contributed by atoms with Crippen molar-refractivity contribution >= 4 is 11.9 Å². The summed E-state index contributed by atoms with van der Waals surface area (Å²) in [5, 5.41) is 10.3. The Bertz CT molecular complexity index is 294. The summed E-state index contributed by atoms with van der Waals surface area (Å²) in [6.45, 7) is 2.59. The Morgan fingerprint density at radius 2 is 1.45 bits per heavy atom. The Kier molecular flexibility index (Phi) is 14.1. The van der Waals surface area contributed by atoms with Gasteiger partial charge in [0, 0.05) is 5.97 Å². The second-order valence-corrected chi connectivity index (χ2v) is 5.87. The topological polar surface area (TPSA) is 92.5 Å². The number of unbranched alkanes of at least 4 members (excludes halogenated alkanes) is 9. The van der Waals surface area contributed by atoms with Gasteiger partial charge >= 0.3 is 5.97 Å². The highest BCUT2D eigenvalue weighted by Gasteiger charge is 2.14. The lowest BCUT2D eigenvalue weighted by atomic mass is 10.1.